The van der Waals surface area contributed by atoms with Gasteiger partial charge < -0.3 is 0 Å². The first-order chi connectivity index (χ1) is 15.8. The van der Waals surface area contributed by atoms with Gasteiger partial charge in [-0.15, -0.1) is 0 Å². The van der Waals surface area contributed by atoms with E-state index in [1.165, 1.54) is 11.1 Å². The van der Waals surface area contributed by atoms with E-state index in [-0.39, 0.29) is 29.1 Å². The third-order valence-electron chi connectivity index (χ3n) is 8.34. The Kier molecular flexibility index (Phi) is 5.15. The normalized spacial score (nSPS) is 26.6. The summed E-state index contributed by atoms with van der Waals surface area (Å²) in [7, 11) is 0. The summed E-state index contributed by atoms with van der Waals surface area (Å²) in [5.41, 5.74) is 3.79. The molecule has 1 aromatic carbocycles. The van der Waals surface area contributed by atoms with Crippen LogP contribution in [0.3, 0.4) is 0 Å². The van der Waals surface area contributed by atoms with E-state index in [0.29, 0.717) is 0 Å². The van der Waals surface area contributed by atoms with Crippen molar-refractivity contribution in [3.63, 3.8) is 0 Å². The van der Waals surface area contributed by atoms with E-state index in [0.717, 1.165) is 43.2 Å². The van der Waals surface area contributed by atoms with E-state index in [4.69, 9.17) is 0 Å². The fourth-order valence-electron chi connectivity index (χ4n) is 6.65. The zero-order valence-corrected chi connectivity index (χ0v) is 19.9. The lowest BCUT2D eigenvalue weighted by Crippen LogP contribution is -2.53. The molecular formula is C27H32N4O2. The van der Waals surface area contributed by atoms with Crippen molar-refractivity contribution in [1.29, 1.82) is 0 Å². The van der Waals surface area contributed by atoms with Crippen LogP contribution in [-0.4, -0.2) is 30.9 Å². The van der Waals surface area contributed by atoms with Crippen molar-refractivity contribution in [1.82, 2.24) is 19.1 Å². The van der Waals surface area contributed by atoms with Gasteiger partial charge >= 0.3 is 0 Å². The van der Waals surface area contributed by atoms with Gasteiger partial charge in [-0.1, -0.05) is 40.2 Å². The average Bonchev–Trinajstić information content (AvgIpc) is 3.51. The minimum absolute atomic E-state index is 0.0437. The highest BCUT2D eigenvalue weighted by Crippen LogP contribution is 2.58. The molecule has 1 fully saturated rings. The Labute approximate surface area is 195 Å². The van der Waals surface area contributed by atoms with Gasteiger partial charge in [-0.25, -0.2) is 9.97 Å². The lowest BCUT2D eigenvalue weighted by molar-refractivity contribution is 0.0166. The summed E-state index contributed by atoms with van der Waals surface area (Å²) in [5.74, 6) is 0.538. The quantitative estimate of drug-likeness (QED) is 0.554. The lowest BCUT2D eigenvalue weighted by Gasteiger charge is -2.54. The molecule has 1 saturated carbocycles. The van der Waals surface area contributed by atoms with Gasteiger partial charge in [0.15, 0.2) is 0 Å². The molecule has 0 aliphatic heterocycles. The van der Waals surface area contributed by atoms with Crippen LogP contribution in [0.4, 0.5) is 0 Å². The molecule has 6 nitrogen and oxygen atoms in total. The van der Waals surface area contributed by atoms with Crippen LogP contribution in [0.5, 0.6) is 0 Å². The van der Waals surface area contributed by atoms with E-state index in [2.05, 4.69) is 49.8 Å². The number of imidazole rings is 2. The van der Waals surface area contributed by atoms with Crippen LogP contribution in [0, 0.1) is 11.3 Å². The van der Waals surface area contributed by atoms with Crippen LogP contribution >= 0.6 is 0 Å². The predicted molar refractivity (Wildman–Crippen MR) is 126 cm³/mol. The van der Waals surface area contributed by atoms with Crippen LogP contribution in [-0.2, 0) is 11.8 Å². The standard InChI is InChI=1S/C27H32N4O2/c1-18(2)20-14-19-6-7-23-26(3,22(19)15-21(20)24(32)30-12-10-28-16-30)8-5-9-27(23,4)25(33)31-13-11-29-17-31/h10-18,23H,5-9H2,1-4H3. The molecule has 3 unspecified atom stereocenters. The summed E-state index contributed by atoms with van der Waals surface area (Å²) in [6, 6.07) is 4.40. The summed E-state index contributed by atoms with van der Waals surface area (Å²) in [4.78, 5) is 35.2. The van der Waals surface area contributed by atoms with Gasteiger partial charge in [0.1, 0.15) is 12.7 Å². The molecule has 2 aliphatic rings. The van der Waals surface area contributed by atoms with E-state index < -0.39 is 5.41 Å². The van der Waals surface area contributed by atoms with Crippen molar-refractivity contribution in [3.8, 4) is 0 Å². The number of hydrogen-bond donors (Lipinski definition) is 0. The van der Waals surface area contributed by atoms with Gasteiger partial charge in [0.2, 0.25) is 5.91 Å². The second-order valence-electron chi connectivity index (χ2n) is 10.6. The SMILES string of the molecule is CC(C)c1cc2c(cc1C(=O)n1ccnc1)C1(C)CCCC(C)(C(=O)n3ccnc3)C1CC2. The van der Waals surface area contributed by atoms with Gasteiger partial charge in [-0.2, -0.15) is 0 Å². The Morgan fingerprint density at radius 3 is 2.36 bits per heavy atom. The van der Waals surface area contributed by atoms with Crippen LogP contribution in [0.15, 0.2) is 49.6 Å². The molecule has 2 heterocycles. The number of carbonyl (C=O) groups is 2. The van der Waals surface area contributed by atoms with Crippen LogP contribution in [0.1, 0.15) is 91.1 Å². The summed E-state index contributed by atoms with van der Waals surface area (Å²) in [6.45, 7) is 8.74. The van der Waals surface area contributed by atoms with Crippen LogP contribution < -0.4 is 0 Å². The largest absolute Gasteiger partial charge is 0.276 e. The van der Waals surface area contributed by atoms with E-state index >= 15 is 0 Å². The minimum Gasteiger partial charge on any atom is -0.276 e. The Morgan fingerprint density at radius 1 is 1.03 bits per heavy atom. The number of nitrogens with zero attached hydrogens (tertiary/aromatic N) is 4. The number of fused-ring (bicyclic) bond motifs is 3. The Balaban J connectivity index is 1.63. The van der Waals surface area contributed by atoms with Crippen molar-refractivity contribution < 1.29 is 9.59 Å². The van der Waals surface area contributed by atoms with E-state index in [9.17, 15) is 9.59 Å². The molecule has 0 spiro atoms. The molecule has 0 radical (unpaired) electrons. The molecule has 5 rings (SSSR count). The van der Waals surface area contributed by atoms with Crippen LogP contribution in [0.2, 0.25) is 0 Å². The highest BCUT2D eigenvalue weighted by atomic mass is 16.2. The van der Waals surface area contributed by atoms with Crippen molar-refractivity contribution in [2.45, 2.75) is 71.1 Å². The molecule has 0 amide bonds. The molecule has 0 saturated heterocycles. The highest BCUT2D eigenvalue weighted by molar-refractivity contribution is 5.98. The van der Waals surface area contributed by atoms with Crippen molar-refractivity contribution >= 4 is 11.8 Å². The summed E-state index contributed by atoms with van der Waals surface area (Å²) in [6.07, 6.45) is 14.8. The molecule has 0 N–H and O–H groups in total. The number of rotatable bonds is 3. The van der Waals surface area contributed by atoms with Gasteiger partial charge in [0, 0.05) is 30.4 Å². The predicted octanol–water partition coefficient (Wildman–Crippen LogP) is 5.24. The fourth-order valence-corrected chi connectivity index (χ4v) is 6.65. The van der Waals surface area contributed by atoms with Crippen LogP contribution in [0.25, 0.3) is 0 Å². The fraction of sp³-hybridized carbons (Fsp3) is 0.481. The molecule has 3 atom stereocenters. The summed E-state index contributed by atoms with van der Waals surface area (Å²) < 4.78 is 3.21. The third kappa shape index (κ3) is 3.30. The van der Waals surface area contributed by atoms with Crippen molar-refractivity contribution in [2.75, 3.05) is 0 Å². The maximum Gasteiger partial charge on any atom is 0.263 e. The van der Waals surface area contributed by atoms with Gasteiger partial charge in [-0.3, -0.25) is 18.7 Å². The van der Waals surface area contributed by atoms with E-state index in [1.54, 1.807) is 46.6 Å². The number of aromatic nitrogens is 4. The minimum atomic E-state index is -0.462. The van der Waals surface area contributed by atoms with Gasteiger partial charge in [0.25, 0.3) is 5.91 Å². The Morgan fingerprint density at radius 2 is 1.73 bits per heavy atom. The first-order valence-electron chi connectivity index (χ1n) is 12.0. The summed E-state index contributed by atoms with van der Waals surface area (Å²) in [5, 5.41) is 0. The molecule has 6 heteroatoms. The third-order valence-corrected chi connectivity index (χ3v) is 8.34. The van der Waals surface area contributed by atoms with Crippen molar-refractivity contribution in [2.24, 2.45) is 11.3 Å². The molecule has 3 aromatic rings. The number of aryl methyl sites for hydroxylation is 1. The second kappa shape index (κ2) is 7.79. The number of carbonyl (C=O) groups excluding carboxylic acids is 2. The Hall–Kier alpha value is -3.02. The molecule has 172 valence electrons. The van der Waals surface area contributed by atoms with Gasteiger partial charge in [-0.05, 0) is 65.7 Å². The average molecular weight is 445 g/mol. The molecule has 0 bridgehead atoms. The van der Waals surface area contributed by atoms with Gasteiger partial charge in [0.05, 0.1) is 5.41 Å². The zero-order chi connectivity index (χ0) is 23.4. The molecule has 2 aromatic heterocycles. The number of hydrogen-bond acceptors (Lipinski definition) is 4. The Bertz CT molecular complexity index is 1200. The maximum atomic E-state index is 13.6. The zero-order valence-electron chi connectivity index (χ0n) is 19.9. The molecular weight excluding hydrogens is 412 g/mol. The maximum absolute atomic E-state index is 13.6. The highest BCUT2D eigenvalue weighted by Gasteiger charge is 2.55. The van der Waals surface area contributed by atoms with Crippen molar-refractivity contribution in [3.05, 3.63) is 71.8 Å². The second-order valence-corrected chi connectivity index (χ2v) is 10.6. The first kappa shape index (κ1) is 21.8. The monoisotopic (exact) mass is 444 g/mol. The van der Waals surface area contributed by atoms with E-state index in [1.807, 2.05) is 0 Å². The molecule has 33 heavy (non-hydrogen) atoms. The molecule has 2 aliphatic carbocycles. The smallest absolute Gasteiger partial charge is 0.263 e. The summed E-state index contributed by atoms with van der Waals surface area (Å²) >= 11 is 0. The topological polar surface area (TPSA) is 69.8 Å². The lowest BCUT2D eigenvalue weighted by atomic mass is 9.49. The first-order valence-corrected chi connectivity index (χ1v) is 12.0. The number of benzene rings is 1.